The van der Waals surface area contributed by atoms with E-state index in [1.807, 2.05) is 0 Å². The Bertz CT molecular complexity index is 1290. The van der Waals surface area contributed by atoms with E-state index < -0.39 is 34.1 Å². The van der Waals surface area contributed by atoms with Crippen molar-refractivity contribution in [3.8, 4) is 5.75 Å². The van der Waals surface area contributed by atoms with Crippen molar-refractivity contribution in [2.24, 2.45) is 0 Å². The summed E-state index contributed by atoms with van der Waals surface area (Å²) in [4.78, 5) is 50.2. The Balaban J connectivity index is 1.81. The van der Waals surface area contributed by atoms with Gasteiger partial charge in [0.2, 0.25) is 0 Å². The number of esters is 1. The number of thiol groups is 1. The van der Waals surface area contributed by atoms with Crippen LogP contribution in [0.5, 0.6) is 5.75 Å². The first-order valence-corrected chi connectivity index (χ1v) is 12.8. The van der Waals surface area contributed by atoms with Crippen LogP contribution in [0.3, 0.4) is 0 Å². The number of nitrogens with zero attached hydrogens (tertiary/aromatic N) is 1. The Morgan fingerprint density at radius 1 is 1.09 bits per heavy atom. The highest BCUT2D eigenvalue weighted by atomic mass is 32.2. The van der Waals surface area contributed by atoms with E-state index in [4.69, 9.17) is 9.47 Å². The van der Waals surface area contributed by atoms with Crippen LogP contribution in [0.1, 0.15) is 50.5 Å². The Morgan fingerprint density at radius 2 is 1.80 bits per heavy atom. The van der Waals surface area contributed by atoms with Crippen LogP contribution < -0.4 is 9.46 Å². The van der Waals surface area contributed by atoms with Crippen molar-refractivity contribution in [2.75, 3.05) is 25.5 Å². The molecule has 0 aliphatic carbocycles. The van der Waals surface area contributed by atoms with Crippen molar-refractivity contribution in [3.05, 3.63) is 58.7 Å². The van der Waals surface area contributed by atoms with Gasteiger partial charge in [0.05, 0.1) is 18.9 Å². The lowest BCUT2D eigenvalue weighted by atomic mass is 10.1. The lowest BCUT2D eigenvalue weighted by Crippen LogP contribution is -2.30. The van der Waals surface area contributed by atoms with E-state index in [0.29, 0.717) is 16.7 Å². The molecule has 2 amide bonds. The second kappa shape index (κ2) is 10.9. The molecule has 1 aliphatic heterocycles. The smallest absolute Gasteiger partial charge is 0.344 e. The van der Waals surface area contributed by atoms with E-state index in [0.717, 1.165) is 0 Å². The van der Waals surface area contributed by atoms with E-state index >= 15 is 0 Å². The molecule has 0 spiro atoms. The number of sulfone groups is 1. The lowest BCUT2D eigenvalue weighted by molar-refractivity contribution is -0.145. The molecule has 0 bridgehead atoms. The SMILES string of the molecule is CCOC(=O)COc1ccc(C(=O)CN2Cc3cc(C(=O)NS)ccc3C2=O)cc1S(=O)(=O)CC. The maximum atomic E-state index is 13.0. The number of hydrogen-bond donors (Lipinski definition) is 2. The van der Waals surface area contributed by atoms with Gasteiger partial charge in [-0.15, -0.1) is 0 Å². The standard InChI is InChI=1S/C23H24N2O8S2/c1-3-32-21(27)13-33-19-8-6-14(10-20(19)35(30,31)4-2)18(26)12-25-11-16-9-15(22(28)24-34)5-7-17(16)23(25)29/h5-10,34H,3-4,11-13H2,1-2H3,(H,24,28). The minimum atomic E-state index is -3.80. The van der Waals surface area contributed by atoms with E-state index in [1.165, 1.54) is 42.2 Å². The molecule has 2 aromatic rings. The Labute approximate surface area is 208 Å². The maximum Gasteiger partial charge on any atom is 0.344 e. The van der Waals surface area contributed by atoms with Gasteiger partial charge in [0.1, 0.15) is 10.6 Å². The van der Waals surface area contributed by atoms with Gasteiger partial charge < -0.3 is 14.4 Å². The summed E-state index contributed by atoms with van der Waals surface area (Å²) in [6.07, 6.45) is 0. The number of carbonyl (C=O) groups is 4. The number of ketones is 1. The molecule has 0 atom stereocenters. The number of amides is 2. The Morgan fingerprint density at radius 3 is 2.46 bits per heavy atom. The highest BCUT2D eigenvalue weighted by Crippen LogP contribution is 2.28. The summed E-state index contributed by atoms with van der Waals surface area (Å²) in [5.74, 6) is -2.26. The van der Waals surface area contributed by atoms with Gasteiger partial charge in [0, 0.05) is 23.2 Å². The van der Waals surface area contributed by atoms with Crippen LogP contribution in [0.2, 0.25) is 0 Å². The molecule has 1 heterocycles. The fourth-order valence-electron chi connectivity index (χ4n) is 3.52. The summed E-state index contributed by atoms with van der Waals surface area (Å²) < 4.78 is 37.6. The first kappa shape index (κ1) is 26.2. The average molecular weight is 521 g/mol. The summed E-state index contributed by atoms with van der Waals surface area (Å²) in [7, 11) is -3.80. The van der Waals surface area contributed by atoms with Crippen LogP contribution in [-0.4, -0.2) is 62.4 Å². The molecule has 0 radical (unpaired) electrons. The zero-order valence-corrected chi connectivity index (χ0v) is 20.8. The molecular formula is C23H24N2O8S2. The van der Waals surface area contributed by atoms with Crippen LogP contribution in [0.4, 0.5) is 0 Å². The maximum absolute atomic E-state index is 13.0. The van der Waals surface area contributed by atoms with Crippen molar-refractivity contribution in [3.63, 3.8) is 0 Å². The molecule has 186 valence electrons. The normalized spacial score (nSPS) is 12.8. The van der Waals surface area contributed by atoms with Gasteiger partial charge in [-0.25, -0.2) is 13.2 Å². The summed E-state index contributed by atoms with van der Waals surface area (Å²) in [5, 5.41) is 0. The molecular weight excluding hydrogens is 496 g/mol. The van der Waals surface area contributed by atoms with E-state index in [2.05, 4.69) is 17.5 Å². The van der Waals surface area contributed by atoms with Crippen molar-refractivity contribution < 1.29 is 37.1 Å². The van der Waals surface area contributed by atoms with E-state index in [-0.39, 0.29) is 47.6 Å². The van der Waals surface area contributed by atoms with Crippen molar-refractivity contribution >= 4 is 46.2 Å². The molecule has 0 saturated carbocycles. The highest BCUT2D eigenvalue weighted by Gasteiger charge is 2.30. The minimum Gasteiger partial charge on any atom is -0.481 e. The third kappa shape index (κ3) is 5.82. The fraction of sp³-hybridized carbons (Fsp3) is 0.304. The van der Waals surface area contributed by atoms with Gasteiger partial charge in [0.15, 0.2) is 22.2 Å². The van der Waals surface area contributed by atoms with Crippen LogP contribution in [0.25, 0.3) is 0 Å². The molecule has 1 aliphatic rings. The second-order valence-corrected chi connectivity index (χ2v) is 10.0. The predicted molar refractivity (Wildman–Crippen MR) is 128 cm³/mol. The van der Waals surface area contributed by atoms with Crippen molar-refractivity contribution in [1.29, 1.82) is 0 Å². The van der Waals surface area contributed by atoms with Gasteiger partial charge in [-0.2, -0.15) is 0 Å². The van der Waals surface area contributed by atoms with E-state index in [1.54, 1.807) is 13.0 Å². The zero-order chi connectivity index (χ0) is 25.8. The third-order valence-electron chi connectivity index (χ3n) is 5.31. The predicted octanol–water partition coefficient (Wildman–Crippen LogP) is 1.84. The number of ether oxygens (including phenoxy) is 2. The molecule has 3 rings (SSSR count). The number of carbonyl (C=O) groups excluding carboxylic acids is 4. The first-order valence-electron chi connectivity index (χ1n) is 10.7. The summed E-state index contributed by atoms with van der Waals surface area (Å²) in [6, 6.07) is 8.43. The van der Waals surface area contributed by atoms with Gasteiger partial charge in [0.25, 0.3) is 11.8 Å². The average Bonchev–Trinajstić information content (AvgIpc) is 3.16. The van der Waals surface area contributed by atoms with Gasteiger partial charge >= 0.3 is 5.97 Å². The lowest BCUT2D eigenvalue weighted by Gasteiger charge is -2.16. The van der Waals surface area contributed by atoms with E-state index in [9.17, 15) is 27.6 Å². The van der Waals surface area contributed by atoms with Gasteiger partial charge in [-0.1, -0.05) is 19.7 Å². The summed E-state index contributed by atoms with van der Waals surface area (Å²) >= 11 is 3.73. The number of hydrogen-bond acceptors (Lipinski definition) is 9. The largest absolute Gasteiger partial charge is 0.481 e. The number of Topliss-reactive ketones (excluding diaryl/α,β-unsaturated/α-hetero) is 1. The first-order chi connectivity index (χ1) is 16.6. The Kier molecular flexibility index (Phi) is 8.18. The molecule has 0 fully saturated rings. The number of benzene rings is 2. The van der Waals surface area contributed by atoms with Crippen molar-refractivity contribution in [1.82, 2.24) is 9.62 Å². The number of nitrogens with one attached hydrogen (secondary N) is 1. The van der Waals surface area contributed by atoms with Gasteiger partial charge in [-0.3, -0.25) is 19.1 Å². The monoisotopic (exact) mass is 520 g/mol. The zero-order valence-electron chi connectivity index (χ0n) is 19.1. The van der Waals surface area contributed by atoms with Crippen LogP contribution in [0, 0.1) is 0 Å². The van der Waals surface area contributed by atoms with Crippen LogP contribution >= 0.6 is 12.8 Å². The molecule has 12 heteroatoms. The molecule has 0 aromatic heterocycles. The summed E-state index contributed by atoms with van der Waals surface area (Å²) in [5.41, 5.74) is 1.37. The molecule has 1 N–H and O–H groups in total. The topological polar surface area (TPSA) is 136 Å². The van der Waals surface area contributed by atoms with Crippen molar-refractivity contribution in [2.45, 2.75) is 25.3 Å². The third-order valence-corrected chi connectivity index (χ3v) is 7.27. The minimum absolute atomic E-state index is 0.0689. The molecule has 10 nitrogen and oxygen atoms in total. The second-order valence-electron chi connectivity index (χ2n) is 7.56. The Hall–Kier alpha value is -3.38. The highest BCUT2D eigenvalue weighted by molar-refractivity contribution is 7.91. The van der Waals surface area contributed by atoms with Crippen LogP contribution in [0.15, 0.2) is 41.3 Å². The molecule has 35 heavy (non-hydrogen) atoms. The number of rotatable bonds is 10. The molecule has 2 aromatic carbocycles. The quantitative estimate of drug-likeness (QED) is 0.275. The summed E-state index contributed by atoms with van der Waals surface area (Å²) in [6.45, 7) is 2.57. The molecule has 0 unspecified atom stereocenters. The number of fused-ring (bicyclic) bond motifs is 1. The molecule has 0 saturated heterocycles. The van der Waals surface area contributed by atoms with Gasteiger partial charge in [-0.05, 0) is 48.9 Å². The van der Waals surface area contributed by atoms with Crippen LogP contribution in [-0.2, 0) is 25.9 Å². The fourth-order valence-corrected chi connectivity index (χ4v) is 4.70.